The Labute approximate surface area is 118 Å². The summed E-state index contributed by atoms with van der Waals surface area (Å²) in [5.74, 6) is 1.21. The molecule has 2 heteroatoms. The molecule has 0 saturated heterocycles. The smallest absolute Gasteiger partial charge is 0.191 e. The molecule has 0 heterocycles. The molecule has 0 atom stereocenters. The van der Waals surface area contributed by atoms with Gasteiger partial charge in [0, 0.05) is 11.7 Å². The van der Waals surface area contributed by atoms with Crippen LogP contribution in [0, 0.1) is 5.92 Å². The Kier molecular flexibility index (Phi) is 13.5. The van der Waals surface area contributed by atoms with Gasteiger partial charge in [-0.25, -0.2) is 0 Å². The normalized spacial score (nSPS) is 11.1. The van der Waals surface area contributed by atoms with Crippen LogP contribution in [0.15, 0.2) is 0 Å². The summed E-state index contributed by atoms with van der Waals surface area (Å²) in [6, 6.07) is 0. The first kappa shape index (κ1) is 18.0. The second-order valence-corrected chi connectivity index (χ2v) is 6.60. The first-order chi connectivity index (χ1) is 8.68. The van der Waals surface area contributed by atoms with Crippen molar-refractivity contribution < 1.29 is 4.79 Å². The topological polar surface area (TPSA) is 17.1 Å². The van der Waals surface area contributed by atoms with Crippen molar-refractivity contribution in [1.29, 1.82) is 0 Å². The Morgan fingerprint density at radius 1 is 0.833 bits per heavy atom. The molecule has 18 heavy (non-hydrogen) atoms. The third-order valence-corrected chi connectivity index (χ3v) is 4.46. The Balaban J connectivity index is 3.05. The Hall–Kier alpha value is 0.0200. The molecule has 0 radical (unpaired) electrons. The van der Waals surface area contributed by atoms with Crippen LogP contribution in [0.25, 0.3) is 0 Å². The molecule has 0 fully saturated rings. The fraction of sp³-hybridized carbons (Fsp3) is 0.938. The zero-order chi connectivity index (χ0) is 13.6. The minimum atomic E-state index is 0.193. The average Bonchev–Trinajstić information content (AvgIpc) is 2.35. The molecule has 0 aromatic carbocycles. The van der Waals surface area contributed by atoms with Gasteiger partial charge in [0.1, 0.15) is 0 Å². The molecular weight excluding hydrogens is 240 g/mol. The summed E-state index contributed by atoms with van der Waals surface area (Å²) in [5.41, 5.74) is 0. The highest BCUT2D eigenvalue weighted by molar-refractivity contribution is 8.13. The van der Waals surface area contributed by atoms with Gasteiger partial charge >= 0.3 is 0 Å². The van der Waals surface area contributed by atoms with Crippen molar-refractivity contribution >= 4 is 16.9 Å². The molecule has 0 bridgehead atoms. The lowest BCUT2D eigenvalue weighted by Crippen LogP contribution is -2.02. The van der Waals surface area contributed by atoms with Gasteiger partial charge < -0.3 is 0 Å². The van der Waals surface area contributed by atoms with Crippen LogP contribution >= 0.6 is 11.8 Å². The molecule has 0 unspecified atom stereocenters. The number of unbranched alkanes of at least 4 members (excludes halogenated alkanes) is 9. The molecule has 0 rings (SSSR count). The van der Waals surface area contributed by atoms with Crippen LogP contribution in [0.2, 0.25) is 0 Å². The number of rotatable bonds is 12. The maximum Gasteiger partial charge on any atom is 0.191 e. The summed E-state index contributed by atoms with van der Waals surface area (Å²) in [7, 11) is 0. The van der Waals surface area contributed by atoms with Gasteiger partial charge in [0.15, 0.2) is 5.12 Å². The van der Waals surface area contributed by atoms with Crippen LogP contribution in [-0.4, -0.2) is 10.9 Å². The maximum absolute atomic E-state index is 11.4. The van der Waals surface area contributed by atoms with E-state index in [-0.39, 0.29) is 5.92 Å². The van der Waals surface area contributed by atoms with Crippen molar-refractivity contribution in [2.45, 2.75) is 85.0 Å². The summed E-state index contributed by atoms with van der Waals surface area (Å²) in [6.45, 7) is 6.23. The largest absolute Gasteiger partial charge is 0.287 e. The summed E-state index contributed by atoms with van der Waals surface area (Å²) < 4.78 is 0. The van der Waals surface area contributed by atoms with E-state index in [0.29, 0.717) is 5.12 Å². The molecule has 0 amide bonds. The molecule has 108 valence electrons. The van der Waals surface area contributed by atoms with E-state index in [1.165, 1.54) is 76.0 Å². The fourth-order valence-corrected chi connectivity index (χ4v) is 2.81. The molecule has 0 aromatic rings. The third kappa shape index (κ3) is 12.5. The summed E-state index contributed by atoms with van der Waals surface area (Å²) in [4.78, 5) is 11.4. The van der Waals surface area contributed by atoms with E-state index >= 15 is 0 Å². The molecule has 0 aliphatic rings. The van der Waals surface area contributed by atoms with Gasteiger partial charge in [0.05, 0.1) is 0 Å². The van der Waals surface area contributed by atoms with Gasteiger partial charge in [-0.2, -0.15) is 0 Å². The highest BCUT2D eigenvalue weighted by Crippen LogP contribution is 2.15. The Bertz CT molecular complexity index is 190. The van der Waals surface area contributed by atoms with Crippen LogP contribution < -0.4 is 0 Å². The quantitative estimate of drug-likeness (QED) is 0.416. The standard InChI is InChI=1S/C16H32OS/c1-4-5-6-7-8-9-10-11-12-13-14-18-16(17)15(2)3/h15H,4-14H2,1-3H3. The van der Waals surface area contributed by atoms with E-state index in [1.54, 1.807) is 0 Å². The monoisotopic (exact) mass is 272 g/mol. The van der Waals surface area contributed by atoms with Gasteiger partial charge in [-0.1, -0.05) is 90.3 Å². The van der Waals surface area contributed by atoms with Gasteiger partial charge in [0.2, 0.25) is 0 Å². The highest BCUT2D eigenvalue weighted by atomic mass is 32.2. The first-order valence-corrected chi connectivity index (χ1v) is 8.83. The van der Waals surface area contributed by atoms with Gasteiger partial charge in [0.25, 0.3) is 0 Å². The van der Waals surface area contributed by atoms with Crippen LogP contribution in [0.4, 0.5) is 0 Å². The fourth-order valence-electron chi connectivity index (χ4n) is 1.93. The summed E-state index contributed by atoms with van der Waals surface area (Å²) in [6.07, 6.45) is 13.7. The molecule has 0 aromatic heterocycles. The van der Waals surface area contributed by atoms with Gasteiger partial charge in [-0.15, -0.1) is 0 Å². The predicted molar refractivity (Wildman–Crippen MR) is 84.1 cm³/mol. The molecule has 0 aliphatic heterocycles. The van der Waals surface area contributed by atoms with Crippen LogP contribution in [0.5, 0.6) is 0 Å². The van der Waals surface area contributed by atoms with E-state index in [1.807, 2.05) is 13.8 Å². The molecule has 0 aliphatic carbocycles. The molecule has 0 spiro atoms. The lowest BCUT2D eigenvalue weighted by Gasteiger charge is -2.04. The second kappa shape index (κ2) is 13.5. The summed E-state index contributed by atoms with van der Waals surface area (Å²) >= 11 is 1.52. The highest BCUT2D eigenvalue weighted by Gasteiger charge is 2.06. The third-order valence-electron chi connectivity index (χ3n) is 3.21. The summed E-state index contributed by atoms with van der Waals surface area (Å²) in [5, 5.41) is 0.353. The lowest BCUT2D eigenvalue weighted by molar-refractivity contribution is -0.113. The average molecular weight is 272 g/mol. The molecular formula is C16H32OS. The van der Waals surface area contributed by atoms with E-state index in [4.69, 9.17) is 0 Å². The van der Waals surface area contributed by atoms with E-state index in [2.05, 4.69) is 6.92 Å². The SMILES string of the molecule is CCCCCCCCCCCCSC(=O)C(C)C. The van der Waals surface area contributed by atoms with Crippen molar-refractivity contribution in [2.75, 3.05) is 5.75 Å². The molecule has 0 N–H and O–H groups in total. The van der Waals surface area contributed by atoms with Crippen LogP contribution in [0.3, 0.4) is 0 Å². The minimum Gasteiger partial charge on any atom is -0.287 e. The van der Waals surface area contributed by atoms with Crippen molar-refractivity contribution in [3.05, 3.63) is 0 Å². The predicted octanol–water partition coefficient (Wildman–Crippen LogP) is 5.82. The zero-order valence-electron chi connectivity index (χ0n) is 12.7. The minimum absolute atomic E-state index is 0.193. The number of carbonyl (C=O) groups excluding carboxylic acids is 1. The molecule has 1 nitrogen and oxygen atoms in total. The van der Waals surface area contributed by atoms with Gasteiger partial charge in [-0.3, -0.25) is 4.79 Å². The second-order valence-electron chi connectivity index (χ2n) is 5.50. The van der Waals surface area contributed by atoms with Crippen LogP contribution in [0.1, 0.15) is 85.0 Å². The van der Waals surface area contributed by atoms with Crippen molar-refractivity contribution in [3.8, 4) is 0 Å². The zero-order valence-corrected chi connectivity index (χ0v) is 13.5. The number of thioether (sulfide) groups is 1. The lowest BCUT2D eigenvalue weighted by atomic mass is 10.1. The Morgan fingerprint density at radius 3 is 1.72 bits per heavy atom. The van der Waals surface area contributed by atoms with Gasteiger partial charge in [-0.05, 0) is 6.42 Å². The number of hydrogen-bond acceptors (Lipinski definition) is 2. The molecule has 0 saturated carbocycles. The van der Waals surface area contributed by atoms with Crippen molar-refractivity contribution in [3.63, 3.8) is 0 Å². The van der Waals surface area contributed by atoms with E-state index in [9.17, 15) is 4.79 Å². The maximum atomic E-state index is 11.4. The van der Waals surface area contributed by atoms with Crippen molar-refractivity contribution in [1.82, 2.24) is 0 Å². The Morgan fingerprint density at radius 2 is 1.28 bits per heavy atom. The number of hydrogen-bond donors (Lipinski definition) is 0. The van der Waals surface area contributed by atoms with Crippen molar-refractivity contribution in [2.24, 2.45) is 5.92 Å². The van der Waals surface area contributed by atoms with Crippen LogP contribution in [-0.2, 0) is 4.79 Å². The number of carbonyl (C=O) groups is 1. The first-order valence-electron chi connectivity index (χ1n) is 7.85. The van der Waals surface area contributed by atoms with E-state index < -0.39 is 0 Å². The van der Waals surface area contributed by atoms with E-state index in [0.717, 1.165) is 5.75 Å².